The Morgan fingerprint density at radius 2 is 1.80 bits per heavy atom. The molecule has 2 aliphatic rings. The molecule has 30 heavy (non-hydrogen) atoms. The van der Waals surface area contributed by atoms with E-state index < -0.39 is 10.0 Å². The van der Waals surface area contributed by atoms with Gasteiger partial charge in [0.25, 0.3) is 0 Å². The molecule has 2 saturated heterocycles. The third-order valence-electron chi connectivity index (χ3n) is 5.59. The summed E-state index contributed by atoms with van der Waals surface area (Å²) in [6, 6.07) is 10.7. The molecule has 0 bridgehead atoms. The Balaban J connectivity index is 0.00000320. The van der Waals surface area contributed by atoms with Crippen LogP contribution in [-0.2, 0) is 21.2 Å². The summed E-state index contributed by atoms with van der Waals surface area (Å²) in [6.07, 6.45) is 3.39. The second kappa shape index (κ2) is 12.8. The maximum Gasteiger partial charge on any atom is 0.216 e. The maximum absolute atomic E-state index is 12.5. The number of ether oxygens (including phenoxy) is 1. The number of sulfonamides is 1. The maximum atomic E-state index is 12.5. The van der Waals surface area contributed by atoms with E-state index in [1.807, 2.05) is 6.92 Å². The molecule has 0 saturated carbocycles. The lowest BCUT2D eigenvalue weighted by Gasteiger charge is -2.34. The fraction of sp³-hybridized carbons (Fsp3) is 0.667. The van der Waals surface area contributed by atoms with Crippen LogP contribution in [0.1, 0.15) is 25.3 Å². The van der Waals surface area contributed by atoms with E-state index in [1.165, 1.54) is 9.87 Å². The zero-order valence-corrected chi connectivity index (χ0v) is 21.0. The van der Waals surface area contributed by atoms with E-state index in [-0.39, 0.29) is 36.3 Å². The fourth-order valence-electron chi connectivity index (χ4n) is 3.94. The number of hydrogen-bond acceptors (Lipinski definition) is 4. The van der Waals surface area contributed by atoms with Crippen molar-refractivity contribution in [1.29, 1.82) is 0 Å². The standard InChI is InChI=1S/C21H34N4O3S.HI/c1-2-22-21(23-10-17-29(26,27)25-13-15-28-16-14-25)24-11-8-20(9-12-24)18-19-6-4-3-5-7-19;/h3-7,20H,2,8-18H2,1H3,(H,22,23);1H. The Kier molecular flexibility index (Phi) is 10.8. The van der Waals surface area contributed by atoms with Crippen LogP contribution in [0, 0.1) is 5.92 Å². The molecule has 1 aromatic rings. The minimum Gasteiger partial charge on any atom is -0.379 e. The van der Waals surface area contributed by atoms with Gasteiger partial charge >= 0.3 is 0 Å². The number of likely N-dealkylation sites (tertiary alicyclic amines) is 1. The first-order chi connectivity index (χ1) is 14.1. The Bertz CT molecular complexity index is 747. The van der Waals surface area contributed by atoms with Crippen molar-refractivity contribution in [3.05, 3.63) is 35.9 Å². The Labute approximate surface area is 198 Å². The molecule has 9 heteroatoms. The van der Waals surface area contributed by atoms with Crippen molar-refractivity contribution in [2.24, 2.45) is 10.9 Å². The third kappa shape index (κ3) is 7.65. The van der Waals surface area contributed by atoms with Crippen LogP contribution < -0.4 is 5.32 Å². The summed E-state index contributed by atoms with van der Waals surface area (Å²) in [7, 11) is -3.27. The van der Waals surface area contributed by atoms with Gasteiger partial charge in [-0.1, -0.05) is 30.3 Å². The molecule has 3 rings (SSSR count). The summed E-state index contributed by atoms with van der Waals surface area (Å²) < 4.78 is 31.7. The van der Waals surface area contributed by atoms with E-state index >= 15 is 0 Å². The topological polar surface area (TPSA) is 74.2 Å². The average Bonchev–Trinajstić information content (AvgIpc) is 2.75. The van der Waals surface area contributed by atoms with E-state index in [1.54, 1.807) is 0 Å². The number of benzene rings is 1. The number of nitrogens with zero attached hydrogens (tertiary/aromatic N) is 3. The summed E-state index contributed by atoms with van der Waals surface area (Å²) in [5.74, 6) is 1.58. The van der Waals surface area contributed by atoms with Crippen LogP contribution in [0.2, 0.25) is 0 Å². The third-order valence-corrected chi connectivity index (χ3v) is 7.44. The lowest BCUT2D eigenvalue weighted by atomic mass is 9.90. The Hall–Kier alpha value is -0.910. The number of aliphatic imine (C=N–C) groups is 1. The molecule has 2 heterocycles. The highest BCUT2D eigenvalue weighted by molar-refractivity contribution is 14.0. The number of piperidine rings is 1. The van der Waals surface area contributed by atoms with Crippen LogP contribution in [0.3, 0.4) is 0 Å². The van der Waals surface area contributed by atoms with Crippen molar-refractivity contribution in [3.8, 4) is 0 Å². The normalized spacial score (nSPS) is 19.4. The van der Waals surface area contributed by atoms with Gasteiger partial charge in [-0.25, -0.2) is 8.42 Å². The van der Waals surface area contributed by atoms with Gasteiger partial charge < -0.3 is 15.0 Å². The first-order valence-electron chi connectivity index (χ1n) is 10.7. The highest BCUT2D eigenvalue weighted by Gasteiger charge is 2.25. The van der Waals surface area contributed by atoms with Crippen LogP contribution in [0.5, 0.6) is 0 Å². The van der Waals surface area contributed by atoms with E-state index in [9.17, 15) is 8.42 Å². The molecule has 0 aromatic heterocycles. The van der Waals surface area contributed by atoms with Crippen LogP contribution in [0.15, 0.2) is 35.3 Å². The van der Waals surface area contributed by atoms with E-state index in [0.29, 0.717) is 32.2 Å². The molecule has 7 nitrogen and oxygen atoms in total. The van der Waals surface area contributed by atoms with Crippen molar-refractivity contribution in [2.45, 2.75) is 26.2 Å². The summed E-state index contributed by atoms with van der Waals surface area (Å²) in [5.41, 5.74) is 1.40. The molecule has 0 spiro atoms. The fourth-order valence-corrected chi connectivity index (χ4v) is 5.23. The van der Waals surface area contributed by atoms with Gasteiger partial charge in [0.05, 0.1) is 25.5 Å². The molecule has 1 aromatic carbocycles. The van der Waals surface area contributed by atoms with Gasteiger partial charge in [-0.15, -0.1) is 24.0 Å². The molecule has 1 N–H and O–H groups in total. The molecule has 2 aliphatic heterocycles. The van der Waals surface area contributed by atoms with Gasteiger partial charge in [0.1, 0.15) is 0 Å². The van der Waals surface area contributed by atoms with Crippen molar-refractivity contribution in [1.82, 2.24) is 14.5 Å². The molecule has 2 fully saturated rings. The van der Waals surface area contributed by atoms with E-state index in [2.05, 4.69) is 45.5 Å². The molecule has 0 aliphatic carbocycles. The second-order valence-corrected chi connectivity index (χ2v) is 9.77. The van der Waals surface area contributed by atoms with Crippen molar-refractivity contribution in [3.63, 3.8) is 0 Å². The van der Waals surface area contributed by atoms with Gasteiger partial charge in [0, 0.05) is 32.7 Å². The van der Waals surface area contributed by atoms with Crippen LogP contribution in [0.4, 0.5) is 0 Å². The lowest BCUT2D eigenvalue weighted by molar-refractivity contribution is 0.0731. The first-order valence-corrected chi connectivity index (χ1v) is 12.3. The molecule has 0 atom stereocenters. The molecular formula is C21H35IN4O3S. The highest BCUT2D eigenvalue weighted by Crippen LogP contribution is 2.21. The minimum absolute atomic E-state index is 0. The minimum atomic E-state index is -3.27. The first kappa shape index (κ1) is 25.4. The second-order valence-electron chi connectivity index (χ2n) is 7.68. The van der Waals surface area contributed by atoms with Gasteiger partial charge in [0.15, 0.2) is 5.96 Å². The van der Waals surface area contributed by atoms with E-state index in [0.717, 1.165) is 44.9 Å². The zero-order chi connectivity index (χ0) is 20.5. The number of nitrogens with one attached hydrogen (secondary N) is 1. The van der Waals surface area contributed by atoms with Crippen LogP contribution >= 0.6 is 24.0 Å². The summed E-state index contributed by atoms with van der Waals surface area (Å²) in [5, 5.41) is 3.33. The highest BCUT2D eigenvalue weighted by atomic mass is 127. The predicted molar refractivity (Wildman–Crippen MR) is 132 cm³/mol. The quantitative estimate of drug-likeness (QED) is 0.320. The average molecular weight is 551 g/mol. The Morgan fingerprint density at radius 1 is 1.13 bits per heavy atom. The van der Waals surface area contributed by atoms with Crippen LogP contribution in [0.25, 0.3) is 0 Å². The smallest absolute Gasteiger partial charge is 0.216 e. The number of morpholine rings is 1. The molecule has 0 radical (unpaired) electrons. The molecule has 0 unspecified atom stereocenters. The van der Waals surface area contributed by atoms with E-state index in [4.69, 9.17) is 4.74 Å². The number of hydrogen-bond donors (Lipinski definition) is 1. The summed E-state index contributed by atoms with van der Waals surface area (Å²) in [6.45, 7) is 6.86. The van der Waals surface area contributed by atoms with Crippen molar-refractivity contribution >= 4 is 40.0 Å². The van der Waals surface area contributed by atoms with Crippen molar-refractivity contribution < 1.29 is 13.2 Å². The number of rotatable bonds is 7. The molecule has 170 valence electrons. The molecule has 0 amide bonds. The SMILES string of the molecule is CCNC(=NCCS(=O)(=O)N1CCOCC1)N1CCC(Cc2ccccc2)CC1.I. The number of halogens is 1. The van der Waals surface area contributed by atoms with Gasteiger partial charge in [-0.3, -0.25) is 4.99 Å². The summed E-state index contributed by atoms with van der Waals surface area (Å²) in [4.78, 5) is 6.89. The Morgan fingerprint density at radius 3 is 2.43 bits per heavy atom. The van der Waals surface area contributed by atoms with Gasteiger partial charge in [-0.05, 0) is 37.7 Å². The molecular weight excluding hydrogens is 515 g/mol. The summed E-state index contributed by atoms with van der Waals surface area (Å²) >= 11 is 0. The zero-order valence-electron chi connectivity index (χ0n) is 17.8. The largest absolute Gasteiger partial charge is 0.379 e. The van der Waals surface area contributed by atoms with Gasteiger partial charge in [0.2, 0.25) is 10.0 Å². The van der Waals surface area contributed by atoms with Crippen LogP contribution in [-0.4, -0.2) is 81.8 Å². The predicted octanol–water partition coefficient (Wildman–Crippen LogP) is 2.19. The lowest BCUT2D eigenvalue weighted by Crippen LogP contribution is -2.46. The van der Waals surface area contributed by atoms with Crippen molar-refractivity contribution in [2.75, 3.05) is 58.2 Å². The number of guanidine groups is 1. The van der Waals surface area contributed by atoms with Gasteiger partial charge in [-0.2, -0.15) is 4.31 Å². The monoisotopic (exact) mass is 550 g/mol.